The predicted molar refractivity (Wildman–Crippen MR) is 190 cm³/mol. The highest BCUT2D eigenvalue weighted by atomic mass is 16.6. The van der Waals surface area contributed by atoms with Crippen LogP contribution in [0.2, 0.25) is 0 Å². The number of carbonyl (C=O) groups excluding carboxylic acids is 6. The van der Waals surface area contributed by atoms with Crippen molar-refractivity contribution in [2.45, 2.75) is 77.2 Å². The Labute approximate surface area is 310 Å². The van der Waals surface area contributed by atoms with Gasteiger partial charge in [-0.25, -0.2) is 0 Å². The van der Waals surface area contributed by atoms with Crippen LogP contribution >= 0.6 is 0 Å². The van der Waals surface area contributed by atoms with E-state index in [2.05, 4.69) is 17.6 Å². The number of esters is 1. The zero-order valence-electron chi connectivity index (χ0n) is 30.8. The molecule has 5 amide bonds. The molecule has 1 aromatic rings. The van der Waals surface area contributed by atoms with Crippen LogP contribution in [-0.4, -0.2) is 132 Å². The summed E-state index contributed by atoms with van der Waals surface area (Å²) >= 11 is 0. The van der Waals surface area contributed by atoms with Crippen molar-refractivity contribution in [2.24, 2.45) is 0 Å². The Morgan fingerprint density at radius 2 is 1.26 bits per heavy atom. The first-order chi connectivity index (χ1) is 25.8. The second-order valence-electron chi connectivity index (χ2n) is 12.4. The highest BCUT2D eigenvalue weighted by Crippen LogP contribution is 2.32. The summed E-state index contributed by atoms with van der Waals surface area (Å²) in [6, 6.07) is 3.52. The fourth-order valence-electron chi connectivity index (χ4n) is 5.51. The summed E-state index contributed by atoms with van der Waals surface area (Å²) in [5.74, 6) is -2.90. The monoisotopic (exact) mass is 749 g/mol. The molecule has 0 aromatic heterocycles. The van der Waals surface area contributed by atoms with Crippen molar-refractivity contribution in [2.75, 3.05) is 91.2 Å². The maximum absolute atomic E-state index is 13.2. The van der Waals surface area contributed by atoms with Crippen LogP contribution in [0.15, 0.2) is 18.2 Å². The summed E-state index contributed by atoms with van der Waals surface area (Å²) in [5.41, 5.74) is 0.379. The van der Waals surface area contributed by atoms with Gasteiger partial charge in [0.05, 0.1) is 89.5 Å². The van der Waals surface area contributed by atoms with E-state index in [0.717, 1.165) is 37.0 Å². The van der Waals surface area contributed by atoms with Crippen LogP contribution < -0.4 is 10.6 Å². The van der Waals surface area contributed by atoms with Crippen LogP contribution in [0.25, 0.3) is 0 Å². The topological polar surface area (TPSA) is 194 Å². The molecule has 16 heteroatoms. The third-order valence-electron chi connectivity index (χ3n) is 8.27. The molecular weight excluding hydrogens is 694 g/mol. The lowest BCUT2D eigenvalue weighted by atomic mass is 10.0. The van der Waals surface area contributed by atoms with Gasteiger partial charge >= 0.3 is 5.97 Å². The first kappa shape index (κ1) is 43.6. The summed E-state index contributed by atoms with van der Waals surface area (Å²) in [7, 11) is 0. The molecule has 2 heterocycles. The Hall–Kier alpha value is -3.80. The highest BCUT2D eigenvalue weighted by molar-refractivity contribution is 6.26. The number of carbonyl (C=O) groups is 6. The number of benzene rings is 1. The third-order valence-corrected chi connectivity index (χ3v) is 8.27. The van der Waals surface area contributed by atoms with Crippen LogP contribution in [-0.2, 0) is 52.3 Å². The van der Waals surface area contributed by atoms with E-state index in [0.29, 0.717) is 92.1 Å². The van der Waals surface area contributed by atoms with Crippen LogP contribution in [0.4, 0.5) is 5.69 Å². The highest BCUT2D eigenvalue weighted by Gasteiger charge is 2.45. The van der Waals surface area contributed by atoms with Gasteiger partial charge in [-0.05, 0) is 37.8 Å². The van der Waals surface area contributed by atoms with Gasteiger partial charge < -0.3 is 38.5 Å². The lowest BCUT2D eigenvalue weighted by Gasteiger charge is -2.27. The third kappa shape index (κ3) is 16.4. The number of fused-ring (bicyclic) bond motifs is 1. The number of imide groups is 2. The van der Waals surface area contributed by atoms with Crippen molar-refractivity contribution in [1.29, 1.82) is 0 Å². The van der Waals surface area contributed by atoms with Crippen molar-refractivity contribution in [3.63, 3.8) is 0 Å². The summed E-state index contributed by atoms with van der Waals surface area (Å²) in [6.07, 6.45) is 5.87. The van der Waals surface area contributed by atoms with E-state index in [9.17, 15) is 28.8 Å². The molecular formula is C37H55N3O13. The summed E-state index contributed by atoms with van der Waals surface area (Å²) in [4.78, 5) is 74.9. The van der Waals surface area contributed by atoms with Gasteiger partial charge in [-0.1, -0.05) is 32.3 Å². The van der Waals surface area contributed by atoms with Gasteiger partial charge in [-0.15, -0.1) is 0 Å². The van der Waals surface area contributed by atoms with Crippen molar-refractivity contribution in [1.82, 2.24) is 10.2 Å². The fraction of sp³-hybridized carbons (Fsp3) is 0.676. The van der Waals surface area contributed by atoms with Crippen LogP contribution in [0.5, 0.6) is 0 Å². The molecule has 1 fully saturated rings. The van der Waals surface area contributed by atoms with E-state index in [4.69, 9.17) is 33.2 Å². The molecule has 296 valence electrons. The van der Waals surface area contributed by atoms with Crippen molar-refractivity contribution < 1.29 is 61.9 Å². The van der Waals surface area contributed by atoms with Crippen molar-refractivity contribution >= 4 is 41.2 Å². The van der Waals surface area contributed by atoms with Crippen LogP contribution in [0.1, 0.15) is 91.8 Å². The van der Waals surface area contributed by atoms with Crippen LogP contribution in [0, 0.1) is 0 Å². The van der Waals surface area contributed by atoms with Gasteiger partial charge in [0.1, 0.15) is 12.6 Å². The van der Waals surface area contributed by atoms with Gasteiger partial charge in [0.25, 0.3) is 11.8 Å². The summed E-state index contributed by atoms with van der Waals surface area (Å²) in [5, 5.41) is 4.90. The maximum Gasteiger partial charge on any atom is 0.305 e. The first-order valence-corrected chi connectivity index (χ1v) is 18.6. The van der Waals surface area contributed by atoms with E-state index < -0.39 is 29.7 Å². The Balaban J connectivity index is 1.08. The molecule has 0 radical (unpaired) electrons. The Bertz CT molecular complexity index is 1320. The zero-order chi connectivity index (χ0) is 38.1. The molecule has 0 aliphatic carbocycles. The fourth-order valence-corrected chi connectivity index (χ4v) is 5.51. The number of hydrogen-bond donors (Lipinski definition) is 2. The molecule has 1 atom stereocenters. The molecule has 2 aliphatic rings. The van der Waals surface area contributed by atoms with Gasteiger partial charge in [-0.3, -0.25) is 39.0 Å². The number of amides is 5. The van der Waals surface area contributed by atoms with Gasteiger partial charge in [-0.2, -0.15) is 0 Å². The number of rotatable bonds is 30. The lowest BCUT2D eigenvalue weighted by molar-refractivity contribution is -0.145. The zero-order valence-corrected chi connectivity index (χ0v) is 30.8. The quantitative estimate of drug-likeness (QED) is 0.0663. The molecule has 1 aromatic carbocycles. The molecule has 0 spiro atoms. The van der Waals surface area contributed by atoms with Crippen molar-refractivity contribution in [3.8, 4) is 0 Å². The number of ether oxygens (including phenoxy) is 7. The van der Waals surface area contributed by atoms with Crippen LogP contribution in [0.3, 0.4) is 0 Å². The molecule has 0 saturated carbocycles. The first-order valence-electron chi connectivity index (χ1n) is 18.6. The maximum atomic E-state index is 13.2. The SMILES string of the molecule is CCCCCC(=O)OCCOCCOCCOCCOCCOCCOCCCCCC(=O)Nc1cccc2c1C(=O)N(C1CCC(=O)NC1=O)C2=O. The van der Waals surface area contributed by atoms with E-state index in [1.165, 1.54) is 6.07 Å². The number of piperidine rings is 1. The standard InChI is InChI=1S/C37H55N3O13/c1-2-3-5-12-33(43)53-27-26-52-25-24-51-23-22-50-21-20-49-19-18-48-17-16-47-15-7-4-6-11-31(41)38-29-10-8-9-28-34(29)37(46)40(36(28)45)30-13-14-32(42)39-35(30)44/h8-10,30H,2-7,11-27H2,1H3,(H,38,41)(H,39,42,44). The Morgan fingerprint density at radius 3 is 1.85 bits per heavy atom. The molecule has 0 bridgehead atoms. The molecule has 1 unspecified atom stereocenters. The predicted octanol–water partition coefficient (Wildman–Crippen LogP) is 2.81. The van der Waals surface area contributed by atoms with Gasteiger partial charge in [0.15, 0.2) is 0 Å². The largest absolute Gasteiger partial charge is 0.463 e. The van der Waals surface area contributed by atoms with E-state index >= 15 is 0 Å². The van der Waals surface area contributed by atoms with E-state index in [1.807, 2.05) is 0 Å². The Kier molecular flexibility index (Phi) is 21.4. The smallest absolute Gasteiger partial charge is 0.305 e. The van der Waals surface area contributed by atoms with E-state index in [1.54, 1.807) is 12.1 Å². The molecule has 2 N–H and O–H groups in total. The molecule has 1 saturated heterocycles. The minimum absolute atomic E-state index is 0.0281. The average molecular weight is 750 g/mol. The molecule has 16 nitrogen and oxygen atoms in total. The lowest BCUT2D eigenvalue weighted by Crippen LogP contribution is -2.54. The number of unbranched alkanes of at least 4 members (excludes halogenated alkanes) is 4. The molecule has 2 aliphatic heterocycles. The summed E-state index contributed by atoms with van der Waals surface area (Å²) < 4.78 is 37.9. The van der Waals surface area contributed by atoms with Crippen molar-refractivity contribution in [3.05, 3.63) is 29.3 Å². The molecule has 53 heavy (non-hydrogen) atoms. The second kappa shape index (κ2) is 26.1. The minimum Gasteiger partial charge on any atom is -0.463 e. The minimum atomic E-state index is -1.07. The number of nitrogens with zero attached hydrogens (tertiary/aromatic N) is 1. The normalized spacial score (nSPS) is 15.5. The number of hydrogen-bond acceptors (Lipinski definition) is 13. The summed E-state index contributed by atoms with van der Waals surface area (Å²) in [6.45, 7) is 7.69. The van der Waals surface area contributed by atoms with E-state index in [-0.39, 0.29) is 54.6 Å². The second-order valence-corrected chi connectivity index (χ2v) is 12.4. The van der Waals surface area contributed by atoms with Gasteiger partial charge in [0, 0.05) is 25.9 Å². The van der Waals surface area contributed by atoms with Gasteiger partial charge in [0.2, 0.25) is 17.7 Å². The number of nitrogens with one attached hydrogen (secondary N) is 2. The number of anilines is 1. The molecule has 3 rings (SSSR count). The average Bonchev–Trinajstić information content (AvgIpc) is 3.39. The Morgan fingerprint density at radius 1 is 0.698 bits per heavy atom.